The molecule has 2 aromatic carbocycles. The number of fused-ring (bicyclic) bond motifs is 2. The second-order valence-corrected chi connectivity index (χ2v) is 8.06. The highest BCUT2D eigenvalue weighted by Gasteiger charge is 2.18. The van der Waals surface area contributed by atoms with E-state index in [-0.39, 0.29) is 11.2 Å². The van der Waals surface area contributed by atoms with E-state index in [4.69, 9.17) is 0 Å². The van der Waals surface area contributed by atoms with Crippen molar-refractivity contribution in [2.24, 2.45) is 0 Å². The van der Waals surface area contributed by atoms with Crippen LogP contribution >= 0.6 is 0 Å². The fourth-order valence-electron chi connectivity index (χ4n) is 4.70. The van der Waals surface area contributed by atoms with Crippen LogP contribution in [0.2, 0.25) is 0 Å². The lowest BCUT2D eigenvalue weighted by Gasteiger charge is -2.26. The summed E-state index contributed by atoms with van der Waals surface area (Å²) in [5.41, 5.74) is 3.24. The summed E-state index contributed by atoms with van der Waals surface area (Å²) in [5, 5.41) is 14.6. The van der Waals surface area contributed by atoms with Crippen molar-refractivity contribution in [3.63, 3.8) is 0 Å². The van der Waals surface area contributed by atoms with Gasteiger partial charge in [0.15, 0.2) is 5.43 Å². The van der Waals surface area contributed by atoms with Gasteiger partial charge in [0.1, 0.15) is 11.6 Å². The van der Waals surface area contributed by atoms with Crippen molar-refractivity contribution in [2.45, 2.75) is 32.6 Å². The number of aromatic nitrogens is 2. The molecule has 1 fully saturated rings. The Morgan fingerprint density at radius 1 is 1.14 bits per heavy atom. The largest absolute Gasteiger partial charge is 0.508 e. The van der Waals surface area contributed by atoms with Crippen molar-refractivity contribution in [1.82, 2.24) is 14.3 Å². The number of phenols is 1. The van der Waals surface area contributed by atoms with Gasteiger partial charge in [0.2, 0.25) is 0 Å². The number of imidazole rings is 1. The van der Waals surface area contributed by atoms with Crippen LogP contribution in [0.1, 0.15) is 31.5 Å². The van der Waals surface area contributed by atoms with Gasteiger partial charge in [0.25, 0.3) is 0 Å². The molecule has 5 rings (SSSR count). The van der Waals surface area contributed by atoms with Crippen molar-refractivity contribution in [3.8, 4) is 5.75 Å². The molecule has 3 heterocycles. The Bertz CT molecular complexity index is 1240. The van der Waals surface area contributed by atoms with Gasteiger partial charge in [-0.3, -0.25) is 9.20 Å². The first-order chi connectivity index (χ1) is 14.1. The van der Waals surface area contributed by atoms with E-state index in [1.54, 1.807) is 18.2 Å². The van der Waals surface area contributed by atoms with E-state index in [0.29, 0.717) is 10.8 Å². The molecule has 0 radical (unpaired) electrons. The Hall–Kier alpha value is -2.86. The molecule has 150 valence electrons. The topological polar surface area (TPSA) is 69.9 Å². The van der Waals surface area contributed by atoms with Gasteiger partial charge in [-0.05, 0) is 76.2 Å². The lowest BCUT2D eigenvalue weighted by molar-refractivity contribution is 0.228. The van der Waals surface area contributed by atoms with Crippen LogP contribution in [-0.4, -0.2) is 45.6 Å². The van der Waals surface area contributed by atoms with Crippen LogP contribution in [0, 0.1) is 6.92 Å². The maximum Gasteiger partial charge on any atom is 0.199 e. The molecular formula is C23H26N4O2. The molecule has 0 aliphatic carbocycles. The van der Waals surface area contributed by atoms with Gasteiger partial charge in [-0.25, -0.2) is 4.98 Å². The Morgan fingerprint density at radius 3 is 2.79 bits per heavy atom. The molecule has 0 amide bonds. The van der Waals surface area contributed by atoms with E-state index in [0.717, 1.165) is 47.6 Å². The zero-order chi connectivity index (χ0) is 20.0. The molecule has 2 N–H and O–H groups in total. The second kappa shape index (κ2) is 7.19. The van der Waals surface area contributed by atoms with Crippen LogP contribution in [0.25, 0.3) is 27.3 Å². The zero-order valence-electron chi connectivity index (χ0n) is 16.7. The molecule has 0 saturated carbocycles. The molecule has 1 saturated heterocycles. The minimum absolute atomic E-state index is 0.0626. The first-order valence-electron chi connectivity index (χ1n) is 10.5. The van der Waals surface area contributed by atoms with Gasteiger partial charge in [-0.15, -0.1) is 0 Å². The molecule has 0 bridgehead atoms. The van der Waals surface area contributed by atoms with E-state index in [1.807, 2.05) is 23.5 Å². The molecule has 6 heteroatoms. The van der Waals surface area contributed by atoms with Gasteiger partial charge >= 0.3 is 0 Å². The molecule has 1 aliphatic rings. The lowest BCUT2D eigenvalue weighted by atomic mass is 10.1. The highest BCUT2D eigenvalue weighted by atomic mass is 16.3. The predicted octanol–water partition coefficient (Wildman–Crippen LogP) is 3.74. The number of nitrogens with one attached hydrogen (secondary N) is 1. The summed E-state index contributed by atoms with van der Waals surface area (Å²) in [6.45, 7) is 6.26. The maximum atomic E-state index is 13.4. The van der Waals surface area contributed by atoms with Crippen LogP contribution in [0.3, 0.4) is 0 Å². The number of hydrogen-bond donors (Lipinski definition) is 2. The van der Waals surface area contributed by atoms with E-state index in [9.17, 15) is 9.90 Å². The van der Waals surface area contributed by atoms with Crippen molar-refractivity contribution < 1.29 is 5.11 Å². The van der Waals surface area contributed by atoms with E-state index in [2.05, 4.69) is 15.2 Å². The second-order valence-electron chi connectivity index (χ2n) is 8.06. The number of anilines is 1. The Balaban J connectivity index is 1.53. The zero-order valence-corrected chi connectivity index (χ0v) is 16.7. The first-order valence-corrected chi connectivity index (χ1v) is 10.5. The third kappa shape index (κ3) is 3.08. The van der Waals surface area contributed by atoms with Gasteiger partial charge in [0, 0.05) is 12.2 Å². The molecule has 1 aliphatic heterocycles. The van der Waals surface area contributed by atoms with Crippen LogP contribution in [0.5, 0.6) is 5.75 Å². The molecule has 0 spiro atoms. The van der Waals surface area contributed by atoms with Crippen LogP contribution in [0.15, 0.2) is 35.1 Å². The van der Waals surface area contributed by atoms with Crippen molar-refractivity contribution >= 4 is 33.0 Å². The standard InChI is InChI=1S/C23H26N4O2/c1-15-25-19-8-7-18(24-10-5-13-26-11-3-2-4-12-26)21-22(19)27(15)20-9-6-16(28)14-17(20)23(21)29/h6-9,14,24,28H,2-5,10-13H2,1H3. The Labute approximate surface area is 169 Å². The number of rotatable bonds is 5. The van der Waals surface area contributed by atoms with Crippen LogP contribution < -0.4 is 10.7 Å². The summed E-state index contributed by atoms with van der Waals surface area (Å²) in [6, 6.07) is 8.90. The fraction of sp³-hybridized carbons (Fsp3) is 0.391. The smallest absolute Gasteiger partial charge is 0.199 e. The Morgan fingerprint density at radius 2 is 1.97 bits per heavy atom. The van der Waals surface area contributed by atoms with Gasteiger partial charge < -0.3 is 15.3 Å². The average Bonchev–Trinajstić information content (AvgIpc) is 3.07. The quantitative estimate of drug-likeness (QED) is 0.401. The monoisotopic (exact) mass is 390 g/mol. The van der Waals surface area contributed by atoms with Crippen LogP contribution in [-0.2, 0) is 0 Å². The number of benzene rings is 2. The number of aryl methyl sites for hydroxylation is 1. The van der Waals surface area contributed by atoms with Crippen molar-refractivity contribution in [1.29, 1.82) is 0 Å². The molecule has 29 heavy (non-hydrogen) atoms. The first kappa shape index (κ1) is 18.2. The number of likely N-dealkylation sites (tertiary alicyclic amines) is 1. The van der Waals surface area contributed by atoms with E-state index < -0.39 is 0 Å². The fourth-order valence-corrected chi connectivity index (χ4v) is 4.70. The molecule has 2 aromatic heterocycles. The number of pyridine rings is 1. The molecular weight excluding hydrogens is 364 g/mol. The summed E-state index contributed by atoms with van der Waals surface area (Å²) < 4.78 is 2.03. The number of nitrogens with zero attached hydrogens (tertiary/aromatic N) is 3. The molecule has 0 unspecified atom stereocenters. The average molecular weight is 390 g/mol. The summed E-state index contributed by atoms with van der Waals surface area (Å²) in [6.07, 6.45) is 5.00. The van der Waals surface area contributed by atoms with Crippen molar-refractivity contribution in [3.05, 3.63) is 46.4 Å². The molecule has 0 atom stereocenters. The normalized spacial score (nSPS) is 15.6. The summed E-state index contributed by atoms with van der Waals surface area (Å²) in [5.74, 6) is 0.935. The minimum atomic E-state index is -0.0626. The summed E-state index contributed by atoms with van der Waals surface area (Å²) in [7, 11) is 0. The Kier molecular flexibility index (Phi) is 4.51. The van der Waals surface area contributed by atoms with E-state index >= 15 is 0 Å². The number of hydrogen-bond acceptors (Lipinski definition) is 5. The van der Waals surface area contributed by atoms with E-state index in [1.165, 1.54) is 32.4 Å². The highest BCUT2D eigenvalue weighted by Crippen LogP contribution is 2.31. The molecule has 4 aromatic rings. The van der Waals surface area contributed by atoms with Crippen LogP contribution in [0.4, 0.5) is 5.69 Å². The third-order valence-electron chi connectivity index (χ3n) is 6.09. The molecule has 6 nitrogen and oxygen atoms in total. The van der Waals surface area contributed by atoms with Gasteiger partial charge in [0.05, 0.1) is 27.3 Å². The maximum absolute atomic E-state index is 13.4. The van der Waals surface area contributed by atoms with Gasteiger partial charge in [-0.2, -0.15) is 0 Å². The predicted molar refractivity (Wildman–Crippen MR) is 117 cm³/mol. The third-order valence-corrected chi connectivity index (χ3v) is 6.09. The van der Waals surface area contributed by atoms with Gasteiger partial charge in [-0.1, -0.05) is 6.42 Å². The number of piperidine rings is 1. The SMILES string of the molecule is Cc1nc2ccc(NCCCN3CCCCC3)c3c(=O)c4cc(O)ccc4n1c23. The van der Waals surface area contributed by atoms with Crippen molar-refractivity contribution in [2.75, 3.05) is 31.5 Å². The minimum Gasteiger partial charge on any atom is -0.508 e. The summed E-state index contributed by atoms with van der Waals surface area (Å²) in [4.78, 5) is 20.5. The number of aromatic hydroxyl groups is 1. The number of phenolic OH excluding ortho intramolecular Hbond substituents is 1. The lowest BCUT2D eigenvalue weighted by Crippen LogP contribution is -2.31. The summed E-state index contributed by atoms with van der Waals surface area (Å²) >= 11 is 0. The highest BCUT2D eigenvalue weighted by molar-refractivity contribution is 6.07.